The van der Waals surface area contributed by atoms with Crippen molar-refractivity contribution < 1.29 is 9.47 Å². The van der Waals surface area contributed by atoms with Crippen LogP contribution in [-0.2, 0) is 0 Å². The Kier molecular flexibility index (Phi) is 2.25. The van der Waals surface area contributed by atoms with Crippen LogP contribution in [0, 0.1) is 6.92 Å². The molecule has 3 rings (SSSR count). The van der Waals surface area contributed by atoms with Crippen LogP contribution in [0.4, 0.5) is 0 Å². The minimum atomic E-state index is 0.303. The molecule has 0 bridgehead atoms. The molecule has 0 aliphatic carbocycles. The molecule has 0 spiro atoms. The SMILES string of the molecule is CC=Cc1nc(C)cc2cc3c(cc12)OCO3. The highest BCUT2D eigenvalue weighted by Crippen LogP contribution is 2.37. The molecule has 1 aromatic heterocycles. The first-order valence-electron chi connectivity index (χ1n) is 5.61. The Balaban J connectivity index is 2.33. The van der Waals surface area contributed by atoms with Gasteiger partial charge in [-0.3, -0.25) is 4.98 Å². The van der Waals surface area contributed by atoms with Crippen molar-refractivity contribution in [1.29, 1.82) is 0 Å². The van der Waals surface area contributed by atoms with E-state index < -0.39 is 0 Å². The van der Waals surface area contributed by atoms with E-state index in [1.54, 1.807) is 0 Å². The summed E-state index contributed by atoms with van der Waals surface area (Å²) in [4.78, 5) is 4.53. The van der Waals surface area contributed by atoms with Crippen molar-refractivity contribution in [2.45, 2.75) is 13.8 Å². The van der Waals surface area contributed by atoms with Gasteiger partial charge in [-0.05, 0) is 43.5 Å². The van der Waals surface area contributed by atoms with Crippen LogP contribution in [0.2, 0.25) is 0 Å². The number of ether oxygens (including phenoxy) is 2. The fraction of sp³-hybridized carbons (Fsp3) is 0.214. The molecule has 86 valence electrons. The third kappa shape index (κ3) is 1.64. The normalized spacial score (nSPS) is 13.8. The number of allylic oxidation sites excluding steroid dienone is 1. The molecule has 3 heteroatoms. The molecule has 1 aliphatic rings. The zero-order valence-corrected chi connectivity index (χ0v) is 9.86. The quantitative estimate of drug-likeness (QED) is 0.749. The van der Waals surface area contributed by atoms with Crippen molar-refractivity contribution >= 4 is 16.8 Å². The van der Waals surface area contributed by atoms with Crippen molar-refractivity contribution in [3.63, 3.8) is 0 Å². The summed E-state index contributed by atoms with van der Waals surface area (Å²) >= 11 is 0. The molecule has 0 amide bonds. The molecule has 0 atom stereocenters. The van der Waals surface area contributed by atoms with E-state index in [1.807, 2.05) is 38.1 Å². The summed E-state index contributed by atoms with van der Waals surface area (Å²) in [7, 11) is 0. The molecule has 3 nitrogen and oxygen atoms in total. The lowest BCUT2D eigenvalue weighted by atomic mass is 10.1. The smallest absolute Gasteiger partial charge is 0.231 e. The second kappa shape index (κ2) is 3.77. The molecule has 1 aromatic carbocycles. The summed E-state index contributed by atoms with van der Waals surface area (Å²) in [6.45, 7) is 4.29. The Morgan fingerprint density at radius 2 is 1.94 bits per heavy atom. The zero-order chi connectivity index (χ0) is 11.8. The largest absolute Gasteiger partial charge is 0.454 e. The molecule has 2 aromatic rings. The van der Waals surface area contributed by atoms with Gasteiger partial charge in [0.2, 0.25) is 6.79 Å². The molecule has 17 heavy (non-hydrogen) atoms. The van der Waals surface area contributed by atoms with Gasteiger partial charge in [0.25, 0.3) is 0 Å². The number of hydrogen-bond acceptors (Lipinski definition) is 3. The van der Waals surface area contributed by atoms with Crippen LogP contribution in [0.25, 0.3) is 16.8 Å². The van der Waals surface area contributed by atoms with Gasteiger partial charge in [-0.25, -0.2) is 0 Å². The first-order chi connectivity index (χ1) is 8.28. The number of hydrogen-bond donors (Lipinski definition) is 0. The lowest BCUT2D eigenvalue weighted by Gasteiger charge is -2.05. The standard InChI is InChI=1S/C14H13NO2/c1-3-4-12-11-7-14-13(16-8-17-14)6-10(11)5-9(2)15-12/h3-7H,8H2,1-2H3. The number of nitrogens with zero attached hydrogens (tertiary/aromatic N) is 1. The van der Waals surface area contributed by atoms with E-state index in [2.05, 4.69) is 11.1 Å². The van der Waals surface area contributed by atoms with Gasteiger partial charge in [-0.1, -0.05) is 6.08 Å². The molecule has 0 N–H and O–H groups in total. The van der Waals surface area contributed by atoms with Crippen LogP contribution in [-0.4, -0.2) is 11.8 Å². The maximum absolute atomic E-state index is 5.40. The molecule has 0 fully saturated rings. The van der Waals surface area contributed by atoms with Gasteiger partial charge in [-0.15, -0.1) is 0 Å². The third-order valence-electron chi connectivity index (χ3n) is 2.81. The van der Waals surface area contributed by atoms with E-state index >= 15 is 0 Å². The molecule has 0 saturated carbocycles. The predicted molar refractivity (Wildman–Crippen MR) is 67.3 cm³/mol. The summed E-state index contributed by atoms with van der Waals surface area (Å²) in [5.41, 5.74) is 1.98. The van der Waals surface area contributed by atoms with Gasteiger partial charge in [0.05, 0.1) is 5.69 Å². The predicted octanol–water partition coefficient (Wildman–Crippen LogP) is 3.31. The first kappa shape index (κ1) is 10.1. The molecular formula is C14H13NO2. The van der Waals surface area contributed by atoms with Gasteiger partial charge in [0, 0.05) is 11.1 Å². The van der Waals surface area contributed by atoms with Crippen LogP contribution < -0.4 is 9.47 Å². The highest BCUT2D eigenvalue weighted by molar-refractivity contribution is 5.92. The monoisotopic (exact) mass is 227 g/mol. The highest BCUT2D eigenvalue weighted by Gasteiger charge is 2.15. The summed E-state index contributed by atoms with van der Waals surface area (Å²) in [5.74, 6) is 1.61. The molecule has 2 heterocycles. The minimum absolute atomic E-state index is 0.303. The topological polar surface area (TPSA) is 31.4 Å². The van der Waals surface area contributed by atoms with Crippen molar-refractivity contribution in [2.24, 2.45) is 0 Å². The van der Waals surface area contributed by atoms with Crippen LogP contribution in [0.1, 0.15) is 18.3 Å². The van der Waals surface area contributed by atoms with E-state index in [9.17, 15) is 0 Å². The van der Waals surface area contributed by atoms with Gasteiger partial charge >= 0.3 is 0 Å². The Bertz CT molecular complexity index is 617. The van der Waals surface area contributed by atoms with Crippen molar-refractivity contribution in [3.8, 4) is 11.5 Å². The number of aryl methyl sites for hydroxylation is 1. The van der Waals surface area contributed by atoms with E-state index in [-0.39, 0.29) is 0 Å². The Morgan fingerprint density at radius 3 is 2.71 bits per heavy atom. The fourth-order valence-electron chi connectivity index (χ4n) is 2.09. The maximum Gasteiger partial charge on any atom is 0.231 e. The second-order valence-corrected chi connectivity index (χ2v) is 4.08. The van der Waals surface area contributed by atoms with Crippen LogP contribution in [0.5, 0.6) is 11.5 Å². The summed E-state index contributed by atoms with van der Waals surface area (Å²) in [6.07, 6.45) is 4.00. The molecule has 1 aliphatic heterocycles. The van der Waals surface area contributed by atoms with Gasteiger partial charge in [0.15, 0.2) is 11.5 Å². The van der Waals surface area contributed by atoms with Crippen molar-refractivity contribution in [2.75, 3.05) is 6.79 Å². The summed E-state index contributed by atoms with van der Waals surface area (Å²) in [6, 6.07) is 6.07. The maximum atomic E-state index is 5.40. The van der Waals surface area contributed by atoms with Crippen LogP contribution >= 0.6 is 0 Å². The van der Waals surface area contributed by atoms with E-state index in [1.165, 1.54) is 0 Å². The highest BCUT2D eigenvalue weighted by atomic mass is 16.7. The van der Waals surface area contributed by atoms with Crippen molar-refractivity contribution in [3.05, 3.63) is 35.7 Å². The molecular weight excluding hydrogens is 214 g/mol. The average molecular weight is 227 g/mol. The lowest BCUT2D eigenvalue weighted by molar-refractivity contribution is 0.174. The van der Waals surface area contributed by atoms with Crippen LogP contribution in [0.3, 0.4) is 0 Å². The summed E-state index contributed by atoms with van der Waals surface area (Å²) in [5, 5.41) is 2.23. The number of benzene rings is 1. The Morgan fingerprint density at radius 1 is 1.18 bits per heavy atom. The molecule has 0 radical (unpaired) electrons. The lowest BCUT2D eigenvalue weighted by Crippen LogP contribution is -1.92. The van der Waals surface area contributed by atoms with E-state index in [0.29, 0.717) is 6.79 Å². The average Bonchev–Trinajstić information content (AvgIpc) is 2.73. The van der Waals surface area contributed by atoms with Gasteiger partial charge in [0.1, 0.15) is 0 Å². The van der Waals surface area contributed by atoms with Gasteiger partial charge in [-0.2, -0.15) is 0 Å². The second-order valence-electron chi connectivity index (χ2n) is 4.08. The van der Waals surface area contributed by atoms with Crippen LogP contribution in [0.15, 0.2) is 24.3 Å². The summed E-state index contributed by atoms with van der Waals surface area (Å²) < 4.78 is 10.8. The number of fused-ring (bicyclic) bond motifs is 2. The Labute approximate surface area is 99.7 Å². The number of rotatable bonds is 1. The molecule has 0 unspecified atom stereocenters. The number of aromatic nitrogens is 1. The first-order valence-corrected chi connectivity index (χ1v) is 5.61. The fourth-order valence-corrected chi connectivity index (χ4v) is 2.09. The zero-order valence-electron chi connectivity index (χ0n) is 9.86. The molecule has 0 saturated heterocycles. The minimum Gasteiger partial charge on any atom is -0.454 e. The van der Waals surface area contributed by atoms with E-state index in [0.717, 1.165) is 33.7 Å². The number of pyridine rings is 1. The van der Waals surface area contributed by atoms with Gasteiger partial charge < -0.3 is 9.47 Å². The Hall–Kier alpha value is -2.03. The third-order valence-corrected chi connectivity index (χ3v) is 2.81. The van der Waals surface area contributed by atoms with E-state index in [4.69, 9.17) is 9.47 Å². The van der Waals surface area contributed by atoms with Crippen molar-refractivity contribution in [1.82, 2.24) is 4.98 Å².